The van der Waals surface area contributed by atoms with Crippen LogP contribution in [0.25, 0.3) is 28.0 Å². The summed E-state index contributed by atoms with van der Waals surface area (Å²) in [7, 11) is 0. The van der Waals surface area contributed by atoms with Crippen molar-refractivity contribution in [3.8, 4) is 22.4 Å². The molecule has 1 aromatic carbocycles. The van der Waals surface area contributed by atoms with E-state index >= 15 is 0 Å². The van der Waals surface area contributed by atoms with E-state index in [1.165, 1.54) is 12.1 Å². The van der Waals surface area contributed by atoms with E-state index in [4.69, 9.17) is 0 Å². The number of fused-ring (bicyclic) bond motifs is 1. The molecule has 0 aliphatic carbocycles. The number of aryl methyl sites for hydroxylation is 1. The summed E-state index contributed by atoms with van der Waals surface area (Å²) in [5.41, 5.74) is 3.84. The second-order valence-electron chi connectivity index (χ2n) is 6.56. The maximum atomic E-state index is 14.3. The Morgan fingerprint density at radius 1 is 1.08 bits per heavy atom. The zero-order valence-electron chi connectivity index (χ0n) is 14.6. The number of H-pyrrole nitrogens is 1. The SMILES string of the molecule is Cc1[nH]nc(-c2ccc(F)cc2F)c1-c1ccc2nnc(C(C)C)n2c1. The lowest BCUT2D eigenvalue weighted by atomic mass is 10.00. The van der Waals surface area contributed by atoms with Crippen LogP contribution in [0.5, 0.6) is 0 Å². The fourth-order valence-corrected chi connectivity index (χ4v) is 3.11. The molecule has 0 saturated heterocycles. The van der Waals surface area contributed by atoms with E-state index in [-0.39, 0.29) is 11.5 Å². The Morgan fingerprint density at radius 2 is 1.88 bits per heavy atom. The maximum absolute atomic E-state index is 14.3. The average molecular weight is 353 g/mol. The van der Waals surface area contributed by atoms with Gasteiger partial charge in [-0.15, -0.1) is 10.2 Å². The van der Waals surface area contributed by atoms with Crippen LogP contribution < -0.4 is 0 Å². The van der Waals surface area contributed by atoms with Crippen LogP contribution in [-0.4, -0.2) is 24.8 Å². The minimum absolute atomic E-state index is 0.208. The Kier molecular flexibility index (Phi) is 3.79. The number of hydrogen-bond acceptors (Lipinski definition) is 3. The van der Waals surface area contributed by atoms with Gasteiger partial charge in [0.1, 0.15) is 23.2 Å². The Labute approximate surface area is 148 Å². The summed E-state index contributed by atoms with van der Waals surface area (Å²) in [6.45, 7) is 5.96. The van der Waals surface area contributed by atoms with Crippen LogP contribution in [0.4, 0.5) is 8.78 Å². The van der Waals surface area contributed by atoms with Gasteiger partial charge in [0.05, 0.1) is 0 Å². The van der Waals surface area contributed by atoms with Crippen molar-refractivity contribution in [2.75, 3.05) is 0 Å². The fourth-order valence-electron chi connectivity index (χ4n) is 3.11. The summed E-state index contributed by atoms with van der Waals surface area (Å²) in [6.07, 6.45) is 1.92. The van der Waals surface area contributed by atoms with Crippen molar-refractivity contribution in [3.05, 3.63) is 59.7 Å². The molecule has 0 fully saturated rings. The van der Waals surface area contributed by atoms with Gasteiger partial charge in [-0.1, -0.05) is 13.8 Å². The van der Waals surface area contributed by atoms with Gasteiger partial charge in [0.25, 0.3) is 0 Å². The highest BCUT2D eigenvalue weighted by Gasteiger charge is 2.19. The molecule has 0 atom stereocenters. The number of pyridine rings is 1. The third-order valence-corrected chi connectivity index (χ3v) is 4.37. The van der Waals surface area contributed by atoms with E-state index in [2.05, 4.69) is 20.4 Å². The van der Waals surface area contributed by atoms with Gasteiger partial charge in [0.2, 0.25) is 0 Å². The third-order valence-electron chi connectivity index (χ3n) is 4.37. The zero-order chi connectivity index (χ0) is 18.4. The molecule has 3 aromatic heterocycles. The molecule has 4 rings (SSSR count). The monoisotopic (exact) mass is 353 g/mol. The van der Waals surface area contributed by atoms with Crippen LogP contribution in [-0.2, 0) is 0 Å². The van der Waals surface area contributed by atoms with Gasteiger partial charge >= 0.3 is 0 Å². The number of halogens is 2. The van der Waals surface area contributed by atoms with Crippen molar-refractivity contribution in [2.24, 2.45) is 0 Å². The second kappa shape index (κ2) is 6.01. The molecule has 0 unspecified atom stereocenters. The molecule has 1 N–H and O–H groups in total. The first-order valence-corrected chi connectivity index (χ1v) is 8.31. The highest BCUT2D eigenvalue weighted by atomic mass is 19.1. The first kappa shape index (κ1) is 16.4. The van der Waals surface area contributed by atoms with E-state index in [0.717, 1.165) is 34.4 Å². The van der Waals surface area contributed by atoms with Crippen molar-refractivity contribution < 1.29 is 8.78 Å². The van der Waals surface area contributed by atoms with Gasteiger partial charge in [0, 0.05) is 40.6 Å². The van der Waals surface area contributed by atoms with E-state index in [1.807, 2.05) is 43.5 Å². The van der Waals surface area contributed by atoms with Gasteiger partial charge in [-0.2, -0.15) is 5.10 Å². The number of benzene rings is 1. The van der Waals surface area contributed by atoms with Crippen molar-refractivity contribution >= 4 is 5.65 Å². The smallest absolute Gasteiger partial charge is 0.160 e. The number of rotatable bonds is 3. The van der Waals surface area contributed by atoms with Gasteiger partial charge in [-0.3, -0.25) is 9.50 Å². The minimum atomic E-state index is -0.647. The molecule has 0 bridgehead atoms. The van der Waals surface area contributed by atoms with Gasteiger partial charge in [-0.05, 0) is 31.2 Å². The van der Waals surface area contributed by atoms with Crippen LogP contribution in [0.15, 0.2) is 36.5 Å². The fraction of sp³-hybridized carbons (Fsp3) is 0.211. The lowest BCUT2D eigenvalue weighted by Gasteiger charge is -2.08. The van der Waals surface area contributed by atoms with E-state index in [0.29, 0.717) is 5.69 Å². The highest BCUT2D eigenvalue weighted by Crippen LogP contribution is 2.34. The van der Waals surface area contributed by atoms with Crippen LogP contribution in [0.2, 0.25) is 0 Å². The molecular formula is C19H17F2N5. The van der Waals surface area contributed by atoms with Gasteiger partial charge < -0.3 is 0 Å². The summed E-state index contributed by atoms with van der Waals surface area (Å²) < 4.78 is 29.5. The lowest BCUT2D eigenvalue weighted by Crippen LogP contribution is -1.97. The Bertz CT molecular complexity index is 1110. The molecule has 3 heterocycles. The predicted octanol–water partition coefficient (Wildman–Crippen LogP) is 4.50. The van der Waals surface area contributed by atoms with Crippen molar-refractivity contribution in [1.29, 1.82) is 0 Å². The normalized spacial score (nSPS) is 11.6. The molecule has 5 nitrogen and oxygen atoms in total. The number of hydrogen-bond donors (Lipinski definition) is 1. The number of nitrogens with one attached hydrogen (secondary N) is 1. The largest absolute Gasteiger partial charge is 0.286 e. The third kappa shape index (κ3) is 2.56. The molecule has 4 aromatic rings. The average Bonchev–Trinajstić information content (AvgIpc) is 3.18. The summed E-state index contributed by atoms with van der Waals surface area (Å²) in [6, 6.07) is 7.26. The first-order chi connectivity index (χ1) is 12.5. The number of nitrogens with zero attached hydrogens (tertiary/aromatic N) is 4. The summed E-state index contributed by atoms with van der Waals surface area (Å²) in [4.78, 5) is 0. The molecule has 0 radical (unpaired) electrons. The molecule has 132 valence electrons. The summed E-state index contributed by atoms with van der Waals surface area (Å²) >= 11 is 0. The molecule has 0 aliphatic heterocycles. The molecule has 0 amide bonds. The molecular weight excluding hydrogens is 336 g/mol. The molecule has 0 saturated carbocycles. The molecule has 26 heavy (non-hydrogen) atoms. The van der Waals surface area contributed by atoms with Gasteiger partial charge in [-0.25, -0.2) is 8.78 Å². The molecule has 7 heteroatoms. The Hall–Kier alpha value is -3.09. The van der Waals surface area contributed by atoms with Crippen LogP contribution in [0.1, 0.15) is 31.3 Å². The maximum Gasteiger partial charge on any atom is 0.160 e. The summed E-state index contributed by atoms with van der Waals surface area (Å²) in [5, 5.41) is 15.6. The number of aromatic nitrogens is 5. The molecule has 0 aliphatic rings. The van der Waals surface area contributed by atoms with Crippen LogP contribution in [0.3, 0.4) is 0 Å². The first-order valence-electron chi connectivity index (χ1n) is 8.31. The Morgan fingerprint density at radius 3 is 2.62 bits per heavy atom. The quantitative estimate of drug-likeness (QED) is 0.590. The van der Waals surface area contributed by atoms with Crippen molar-refractivity contribution in [1.82, 2.24) is 24.8 Å². The topological polar surface area (TPSA) is 58.9 Å². The lowest BCUT2D eigenvalue weighted by molar-refractivity contribution is 0.585. The van der Waals surface area contributed by atoms with Crippen molar-refractivity contribution in [2.45, 2.75) is 26.7 Å². The Balaban J connectivity index is 1.93. The van der Waals surface area contributed by atoms with Gasteiger partial charge in [0.15, 0.2) is 5.65 Å². The number of aromatic amines is 1. The highest BCUT2D eigenvalue weighted by molar-refractivity contribution is 5.82. The predicted molar refractivity (Wildman–Crippen MR) is 94.7 cm³/mol. The van der Waals surface area contributed by atoms with Crippen LogP contribution >= 0.6 is 0 Å². The molecule has 0 spiro atoms. The summed E-state index contributed by atoms with van der Waals surface area (Å²) in [5.74, 6) is -0.212. The standard InChI is InChI=1S/C19H17F2N5/c1-10(2)19-25-23-16-7-4-12(9-26(16)19)17-11(3)22-24-18(17)14-6-5-13(20)8-15(14)21/h4-10H,1-3H3,(H,22,24). The van der Waals surface area contributed by atoms with Crippen molar-refractivity contribution in [3.63, 3.8) is 0 Å². The van der Waals surface area contributed by atoms with Crippen LogP contribution in [0, 0.1) is 18.6 Å². The minimum Gasteiger partial charge on any atom is -0.286 e. The van der Waals surface area contributed by atoms with E-state index < -0.39 is 11.6 Å². The second-order valence-corrected chi connectivity index (χ2v) is 6.56. The van der Waals surface area contributed by atoms with E-state index in [9.17, 15) is 8.78 Å². The zero-order valence-corrected chi connectivity index (χ0v) is 14.6. The van der Waals surface area contributed by atoms with E-state index in [1.54, 1.807) is 0 Å².